The monoisotopic (exact) mass is 554 g/mol. The van der Waals surface area contributed by atoms with E-state index in [9.17, 15) is 4.79 Å². The summed E-state index contributed by atoms with van der Waals surface area (Å²) in [6, 6.07) is 4.16. The molecule has 1 radical (unpaired) electrons. The molecular weight excluding hydrogens is 514 g/mol. The van der Waals surface area contributed by atoms with Gasteiger partial charge in [0.2, 0.25) is 0 Å². The maximum Gasteiger partial charge on any atom is 0.407 e. The molecule has 1 rings (SSSR count). The molecule has 0 bridgehead atoms. The number of allylic oxidation sites excluding steroid dienone is 2. The zero-order valence-corrected chi connectivity index (χ0v) is 21.9. The Kier molecular flexibility index (Phi) is 21.2. The van der Waals surface area contributed by atoms with Crippen LogP contribution in [0.5, 0.6) is 0 Å². The van der Waals surface area contributed by atoms with Crippen molar-refractivity contribution in [1.82, 2.24) is 5.32 Å². The van der Waals surface area contributed by atoms with E-state index in [0.29, 0.717) is 33.0 Å². The van der Waals surface area contributed by atoms with Crippen LogP contribution in [-0.4, -0.2) is 59.6 Å². The van der Waals surface area contributed by atoms with Gasteiger partial charge in [-0.15, -0.1) is 11.6 Å². The molecule has 30 heavy (non-hydrogen) atoms. The molecule has 5 nitrogen and oxygen atoms in total. The molecule has 0 aliphatic carbocycles. The van der Waals surface area contributed by atoms with Gasteiger partial charge in [-0.3, -0.25) is 0 Å². The van der Waals surface area contributed by atoms with E-state index in [1.807, 2.05) is 0 Å². The van der Waals surface area contributed by atoms with Crippen LogP contribution >= 0.6 is 11.6 Å². The number of amides is 1. The van der Waals surface area contributed by atoms with Gasteiger partial charge >= 0.3 is 6.09 Å². The molecule has 8 heteroatoms. The number of hydrogen-bond donors (Lipinski definition) is 1. The number of carbonyl (C=O) groups is 1. The SMILES string of the molecule is C[Si]1(CCCCOC(=O)NCCOCCOCCCCCCCl)CCC=CCC1.[Ag]. The van der Waals surface area contributed by atoms with Gasteiger partial charge in [-0.25, -0.2) is 4.79 Å². The van der Waals surface area contributed by atoms with Gasteiger partial charge in [0.05, 0.1) is 34.5 Å². The van der Waals surface area contributed by atoms with Gasteiger partial charge in [-0.1, -0.05) is 56.1 Å². The summed E-state index contributed by atoms with van der Waals surface area (Å²) in [6.45, 7) is 5.90. The van der Waals surface area contributed by atoms with Gasteiger partial charge in [0.15, 0.2) is 0 Å². The molecule has 0 fully saturated rings. The molecule has 1 N–H and O–H groups in total. The summed E-state index contributed by atoms with van der Waals surface area (Å²) in [5.41, 5.74) is 0. The number of alkyl halides is 1. The van der Waals surface area contributed by atoms with Gasteiger partial charge in [0.1, 0.15) is 0 Å². The van der Waals surface area contributed by atoms with Crippen LogP contribution in [0.25, 0.3) is 0 Å². The molecule has 1 aliphatic heterocycles. The summed E-state index contributed by atoms with van der Waals surface area (Å²) in [5, 5.41) is 2.73. The molecule has 0 aromatic carbocycles. The molecule has 0 aromatic heterocycles. The van der Waals surface area contributed by atoms with E-state index in [2.05, 4.69) is 24.0 Å². The first-order chi connectivity index (χ1) is 14.2. The van der Waals surface area contributed by atoms with E-state index < -0.39 is 8.07 Å². The van der Waals surface area contributed by atoms with Crippen LogP contribution in [0.1, 0.15) is 51.4 Å². The number of alkyl carbamates (subject to hydrolysis) is 1. The van der Waals surface area contributed by atoms with Gasteiger partial charge in [0, 0.05) is 41.4 Å². The van der Waals surface area contributed by atoms with Crippen LogP contribution in [0.3, 0.4) is 0 Å². The molecule has 0 atom stereocenters. The minimum absolute atomic E-state index is 0. The third kappa shape index (κ3) is 17.8. The van der Waals surface area contributed by atoms with Gasteiger partial charge in [-0.05, 0) is 32.1 Å². The average Bonchev–Trinajstić information content (AvgIpc) is 2.93. The Bertz CT molecular complexity index is 433. The Morgan fingerprint density at radius 3 is 2.23 bits per heavy atom. The molecule has 0 aromatic rings. The molecule has 0 saturated heterocycles. The summed E-state index contributed by atoms with van der Waals surface area (Å²) >= 11 is 5.64. The van der Waals surface area contributed by atoms with E-state index in [-0.39, 0.29) is 28.5 Å². The number of hydrogen-bond acceptors (Lipinski definition) is 4. The Morgan fingerprint density at radius 1 is 0.900 bits per heavy atom. The van der Waals surface area contributed by atoms with Crippen LogP contribution in [0.15, 0.2) is 12.2 Å². The topological polar surface area (TPSA) is 56.8 Å². The van der Waals surface area contributed by atoms with Crippen LogP contribution in [-0.2, 0) is 36.6 Å². The van der Waals surface area contributed by atoms with E-state index in [1.54, 1.807) is 0 Å². The van der Waals surface area contributed by atoms with Crippen molar-refractivity contribution in [2.24, 2.45) is 0 Å². The minimum Gasteiger partial charge on any atom is -0.450 e. The minimum atomic E-state index is -1.06. The van der Waals surface area contributed by atoms with Crippen LogP contribution in [0.4, 0.5) is 4.79 Å². The van der Waals surface area contributed by atoms with Crippen molar-refractivity contribution in [2.75, 3.05) is 45.5 Å². The fourth-order valence-corrected chi connectivity index (χ4v) is 7.31. The third-order valence-electron chi connectivity index (χ3n) is 5.46. The molecule has 1 aliphatic rings. The van der Waals surface area contributed by atoms with Crippen LogP contribution in [0.2, 0.25) is 24.7 Å². The maximum atomic E-state index is 11.7. The van der Waals surface area contributed by atoms with Crippen molar-refractivity contribution in [3.63, 3.8) is 0 Å². The number of carbonyl (C=O) groups excluding carboxylic acids is 1. The summed E-state index contributed by atoms with van der Waals surface area (Å²) in [6.07, 6.45) is 13.5. The number of unbranched alkanes of at least 4 members (excludes halogenated alkanes) is 4. The van der Waals surface area contributed by atoms with Gasteiger partial charge < -0.3 is 19.5 Å². The van der Waals surface area contributed by atoms with Crippen molar-refractivity contribution in [2.45, 2.75) is 76.0 Å². The predicted octanol–water partition coefficient (Wildman–Crippen LogP) is 5.75. The number of nitrogens with one attached hydrogen (secondary N) is 1. The van der Waals surface area contributed by atoms with Crippen molar-refractivity contribution >= 4 is 25.8 Å². The average molecular weight is 556 g/mol. The first-order valence-corrected chi connectivity index (χ1v) is 15.1. The second-order valence-corrected chi connectivity index (χ2v) is 13.7. The predicted molar refractivity (Wildman–Crippen MR) is 124 cm³/mol. The smallest absolute Gasteiger partial charge is 0.407 e. The van der Waals surface area contributed by atoms with E-state index in [1.165, 1.54) is 50.2 Å². The first-order valence-electron chi connectivity index (χ1n) is 11.4. The Labute approximate surface area is 205 Å². The third-order valence-corrected chi connectivity index (χ3v) is 10.3. The second-order valence-electron chi connectivity index (χ2n) is 8.21. The Hall–Kier alpha value is 0.177. The van der Waals surface area contributed by atoms with Crippen LogP contribution in [0, 0.1) is 0 Å². The molecule has 1 heterocycles. The zero-order chi connectivity index (χ0) is 21.0. The second kappa shape index (κ2) is 21.0. The fraction of sp³-hybridized carbons (Fsp3) is 0.864. The van der Waals surface area contributed by atoms with E-state index in [0.717, 1.165) is 31.7 Å². The molecular formula is C22H42AgClNO4Si. The summed E-state index contributed by atoms with van der Waals surface area (Å²) in [5.74, 6) is 0.745. The normalized spacial score (nSPS) is 15.3. The van der Waals surface area contributed by atoms with Crippen molar-refractivity contribution < 1.29 is 41.4 Å². The summed E-state index contributed by atoms with van der Waals surface area (Å²) in [4.78, 5) is 11.7. The largest absolute Gasteiger partial charge is 0.450 e. The fourth-order valence-electron chi connectivity index (χ4n) is 3.54. The first kappa shape index (κ1) is 30.2. The number of ether oxygens (including phenoxy) is 3. The molecule has 0 saturated carbocycles. The number of rotatable bonds is 17. The summed E-state index contributed by atoms with van der Waals surface area (Å²) < 4.78 is 16.2. The van der Waals surface area contributed by atoms with Gasteiger partial charge in [0.25, 0.3) is 0 Å². The van der Waals surface area contributed by atoms with Crippen LogP contribution < -0.4 is 5.32 Å². The zero-order valence-electron chi connectivity index (χ0n) is 18.7. The summed E-state index contributed by atoms with van der Waals surface area (Å²) in [7, 11) is -1.06. The quantitative estimate of drug-likeness (QED) is 0.107. The standard InChI is InChI=1S/C22H42ClNO4Si.Ag/c1-29(19-9-4-5-10-20-29)21-11-8-15-28-22(25)24-13-16-27-18-17-26-14-7-3-2-6-12-23;/h4-5H,2-3,6-21H2,1H3,(H,24,25);. The molecule has 0 spiro atoms. The maximum absolute atomic E-state index is 11.7. The Morgan fingerprint density at radius 2 is 1.53 bits per heavy atom. The van der Waals surface area contributed by atoms with Gasteiger partial charge in [-0.2, -0.15) is 0 Å². The molecule has 0 unspecified atom stereocenters. The molecule has 1 amide bonds. The van der Waals surface area contributed by atoms with Crippen molar-refractivity contribution in [3.8, 4) is 0 Å². The van der Waals surface area contributed by atoms with E-state index >= 15 is 0 Å². The Balaban J connectivity index is 0.00000841. The molecule has 181 valence electrons. The van der Waals surface area contributed by atoms with Crippen molar-refractivity contribution in [3.05, 3.63) is 12.2 Å². The van der Waals surface area contributed by atoms with Crippen molar-refractivity contribution in [1.29, 1.82) is 0 Å². The van der Waals surface area contributed by atoms with E-state index in [4.69, 9.17) is 25.8 Å². The number of halogens is 1.